The lowest BCUT2D eigenvalue weighted by Gasteiger charge is -2.12. The Morgan fingerprint density at radius 2 is 1.94 bits per heavy atom. The predicted molar refractivity (Wildman–Crippen MR) is 120 cm³/mol. The standard InChI is InChI=1S/C24H18BrFN2O3/c1-30-22-10-5-17(23(13-22)31-15-16-3-2-4-20(26)11-16)12-18(14-27)24(29)28-21-8-6-19(25)7-9-21/h2-13H,15H2,1H3,(H,28,29)/b18-12+. The van der Waals surface area contributed by atoms with Gasteiger partial charge < -0.3 is 14.8 Å². The molecule has 1 N–H and O–H groups in total. The minimum absolute atomic E-state index is 0.0938. The molecule has 31 heavy (non-hydrogen) atoms. The first-order valence-electron chi connectivity index (χ1n) is 9.22. The Bertz CT molecular complexity index is 1150. The van der Waals surface area contributed by atoms with E-state index in [0.29, 0.717) is 28.3 Å². The fourth-order valence-electron chi connectivity index (χ4n) is 2.71. The first kappa shape index (κ1) is 22.1. The summed E-state index contributed by atoms with van der Waals surface area (Å²) < 4.78 is 25.4. The van der Waals surface area contributed by atoms with Gasteiger partial charge in [0, 0.05) is 21.8 Å². The van der Waals surface area contributed by atoms with Crippen molar-refractivity contribution in [3.05, 3.63) is 93.7 Å². The van der Waals surface area contributed by atoms with Crippen molar-refractivity contribution in [3.63, 3.8) is 0 Å². The van der Waals surface area contributed by atoms with Crippen LogP contribution in [-0.4, -0.2) is 13.0 Å². The largest absolute Gasteiger partial charge is 0.497 e. The number of rotatable bonds is 7. The average Bonchev–Trinajstić information content (AvgIpc) is 2.78. The predicted octanol–water partition coefficient (Wildman–Crippen LogP) is 5.72. The van der Waals surface area contributed by atoms with E-state index in [2.05, 4.69) is 21.2 Å². The highest BCUT2D eigenvalue weighted by atomic mass is 79.9. The lowest BCUT2D eigenvalue weighted by atomic mass is 10.1. The molecule has 3 aromatic rings. The SMILES string of the molecule is COc1ccc(/C=C(\C#N)C(=O)Nc2ccc(Br)cc2)c(OCc2cccc(F)c2)c1. The van der Waals surface area contributed by atoms with E-state index in [4.69, 9.17) is 9.47 Å². The summed E-state index contributed by atoms with van der Waals surface area (Å²) in [6.07, 6.45) is 1.44. The second-order valence-corrected chi connectivity index (χ2v) is 7.37. The Morgan fingerprint density at radius 3 is 2.61 bits per heavy atom. The summed E-state index contributed by atoms with van der Waals surface area (Å²) in [5, 5.41) is 12.2. The molecule has 0 radical (unpaired) electrons. The van der Waals surface area contributed by atoms with Gasteiger partial charge in [-0.15, -0.1) is 0 Å². The van der Waals surface area contributed by atoms with Gasteiger partial charge >= 0.3 is 0 Å². The van der Waals surface area contributed by atoms with Crippen molar-refractivity contribution >= 4 is 33.6 Å². The van der Waals surface area contributed by atoms with Crippen LogP contribution in [0.2, 0.25) is 0 Å². The van der Waals surface area contributed by atoms with Gasteiger partial charge in [0.05, 0.1) is 7.11 Å². The van der Waals surface area contributed by atoms with Gasteiger partial charge in [0.2, 0.25) is 0 Å². The van der Waals surface area contributed by atoms with Gasteiger partial charge in [-0.1, -0.05) is 28.1 Å². The van der Waals surface area contributed by atoms with Crippen LogP contribution >= 0.6 is 15.9 Å². The number of benzene rings is 3. The van der Waals surface area contributed by atoms with Crippen LogP contribution < -0.4 is 14.8 Å². The van der Waals surface area contributed by atoms with Crippen molar-refractivity contribution in [1.82, 2.24) is 0 Å². The molecule has 0 aliphatic rings. The van der Waals surface area contributed by atoms with Crippen molar-refractivity contribution in [2.75, 3.05) is 12.4 Å². The Kier molecular flexibility index (Phi) is 7.41. The molecule has 3 aromatic carbocycles. The van der Waals surface area contributed by atoms with Gasteiger partial charge in [0.25, 0.3) is 5.91 Å². The maximum Gasteiger partial charge on any atom is 0.266 e. The van der Waals surface area contributed by atoms with Crippen LogP contribution in [0.1, 0.15) is 11.1 Å². The third-order valence-electron chi connectivity index (χ3n) is 4.27. The van der Waals surface area contributed by atoms with Gasteiger partial charge in [0.15, 0.2) is 0 Å². The van der Waals surface area contributed by atoms with Crippen LogP contribution in [0.15, 0.2) is 76.8 Å². The number of amides is 1. The number of anilines is 1. The number of methoxy groups -OCH3 is 1. The number of hydrogen-bond donors (Lipinski definition) is 1. The molecule has 0 aliphatic carbocycles. The highest BCUT2D eigenvalue weighted by Crippen LogP contribution is 2.28. The van der Waals surface area contributed by atoms with E-state index in [0.717, 1.165) is 4.47 Å². The monoisotopic (exact) mass is 480 g/mol. The van der Waals surface area contributed by atoms with Crippen LogP contribution in [0.3, 0.4) is 0 Å². The second-order valence-electron chi connectivity index (χ2n) is 6.45. The summed E-state index contributed by atoms with van der Waals surface area (Å²) in [7, 11) is 1.52. The van der Waals surface area contributed by atoms with E-state index >= 15 is 0 Å². The molecule has 5 nitrogen and oxygen atoms in total. The Labute approximate surface area is 187 Å². The fraction of sp³-hybridized carbons (Fsp3) is 0.0833. The Morgan fingerprint density at radius 1 is 1.16 bits per heavy atom. The van der Waals surface area contributed by atoms with Crippen LogP contribution in [0.25, 0.3) is 6.08 Å². The molecular weight excluding hydrogens is 463 g/mol. The highest BCUT2D eigenvalue weighted by molar-refractivity contribution is 9.10. The van der Waals surface area contributed by atoms with Crippen LogP contribution in [0.4, 0.5) is 10.1 Å². The number of carbonyl (C=O) groups excluding carboxylic acids is 1. The Balaban J connectivity index is 1.85. The smallest absolute Gasteiger partial charge is 0.266 e. The molecule has 1 amide bonds. The molecule has 0 bridgehead atoms. The molecule has 3 rings (SSSR count). The van der Waals surface area contributed by atoms with E-state index in [1.54, 1.807) is 54.6 Å². The number of hydrogen-bond acceptors (Lipinski definition) is 4. The first-order chi connectivity index (χ1) is 15.0. The summed E-state index contributed by atoms with van der Waals surface area (Å²) in [5.41, 5.74) is 1.63. The van der Waals surface area contributed by atoms with Gasteiger partial charge in [-0.3, -0.25) is 4.79 Å². The van der Waals surface area contributed by atoms with E-state index in [-0.39, 0.29) is 18.0 Å². The van der Waals surface area contributed by atoms with Crippen molar-refractivity contribution in [2.45, 2.75) is 6.61 Å². The molecule has 0 heterocycles. The molecule has 7 heteroatoms. The highest BCUT2D eigenvalue weighted by Gasteiger charge is 2.13. The summed E-state index contributed by atoms with van der Waals surface area (Å²) in [4.78, 5) is 12.6. The lowest BCUT2D eigenvalue weighted by molar-refractivity contribution is -0.112. The number of nitrogens with one attached hydrogen (secondary N) is 1. The van der Waals surface area contributed by atoms with E-state index in [1.165, 1.54) is 25.3 Å². The van der Waals surface area contributed by atoms with Crippen LogP contribution in [0, 0.1) is 17.1 Å². The van der Waals surface area contributed by atoms with E-state index in [9.17, 15) is 14.4 Å². The van der Waals surface area contributed by atoms with Crippen molar-refractivity contribution < 1.29 is 18.7 Å². The maximum absolute atomic E-state index is 13.4. The van der Waals surface area contributed by atoms with Gasteiger partial charge in [0.1, 0.15) is 35.6 Å². The molecule has 0 saturated carbocycles. The topological polar surface area (TPSA) is 71.3 Å². The minimum atomic E-state index is -0.545. The quantitative estimate of drug-likeness (QED) is 0.346. The summed E-state index contributed by atoms with van der Waals surface area (Å²) in [5.74, 6) is 0.0389. The normalized spacial score (nSPS) is 10.8. The van der Waals surface area contributed by atoms with Gasteiger partial charge in [-0.25, -0.2) is 4.39 Å². The molecule has 0 fully saturated rings. The van der Waals surface area contributed by atoms with Crippen LogP contribution in [0.5, 0.6) is 11.5 Å². The summed E-state index contributed by atoms with van der Waals surface area (Å²) in [6.45, 7) is 0.110. The van der Waals surface area contributed by atoms with Crippen molar-refractivity contribution in [3.8, 4) is 17.6 Å². The molecule has 0 unspecified atom stereocenters. The Hall–Kier alpha value is -3.63. The zero-order chi connectivity index (χ0) is 22.2. The molecule has 0 aromatic heterocycles. The summed E-state index contributed by atoms with van der Waals surface area (Å²) >= 11 is 3.33. The minimum Gasteiger partial charge on any atom is -0.497 e. The van der Waals surface area contributed by atoms with E-state index < -0.39 is 5.91 Å². The van der Waals surface area contributed by atoms with Crippen LogP contribution in [-0.2, 0) is 11.4 Å². The molecule has 156 valence electrons. The van der Waals surface area contributed by atoms with Crippen molar-refractivity contribution in [2.24, 2.45) is 0 Å². The average molecular weight is 481 g/mol. The molecule has 0 atom stereocenters. The number of ether oxygens (including phenoxy) is 2. The third-order valence-corrected chi connectivity index (χ3v) is 4.80. The lowest BCUT2D eigenvalue weighted by Crippen LogP contribution is -2.13. The van der Waals surface area contributed by atoms with Gasteiger partial charge in [-0.2, -0.15) is 5.26 Å². The third kappa shape index (κ3) is 6.17. The first-order valence-corrected chi connectivity index (χ1v) is 10.0. The maximum atomic E-state index is 13.4. The number of halogens is 2. The molecule has 0 aliphatic heterocycles. The van der Waals surface area contributed by atoms with E-state index in [1.807, 2.05) is 6.07 Å². The number of nitriles is 1. The fourth-order valence-corrected chi connectivity index (χ4v) is 2.97. The second kappa shape index (κ2) is 10.4. The molecule has 0 spiro atoms. The van der Waals surface area contributed by atoms with Crippen molar-refractivity contribution in [1.29, 1.82) is 5.26 Å². The zero-order valence-electron chi connectivity index (χ0n) is 16.6. The molecule has 0 saturated heterocycles. The number of nitrogens with zero attached hydrogens (tertiary/aromatic N) is 1. The number of carbonyl (C=O) groups is 1. The molecular formula is C24H18BrFN2O3. The zero-order valence-corrected chi connectivity index (χ0v) is 18.1. The van der Waals surface area contributed by atoms with Gasteiger partial charge in [-0.05, 0) is 60.2 Å². The summed E-state index contributed by atoms with van der Waals surface area (Å²) in [6, 6.07) is 20.0.